The summed E-state index contributed by atoms with van der Waals surface area (Å²) in [4.78, 5) is 18.0. The van der Waals surface area contributed by atoms with Crippen LogP contribution in [0.2, 0.25) is 0 Å². The third-order valence-corrected chi connectivity index (χ3v) is 3.97. The zero-order valence-electron chi connectivity index (χ0n) is 11.9. The van der Waals surface area contributed by atoms with Crippen LogP contribution in [0.1, 0.15) is 28.0 Å². The lowest BCUT2D eigenvalue weighted by Crippen LogP contribution is -2.34. The summed E-state index contributed by atoms with van der Waals surface area (Å²) in [6.45, 7) is 0.750. The zero-order valence-corrected chi connectivity index (χ0v) is 11.9. The summed E-state index contributed by atoms with van der Waals surface area (Å²) in [5.41, 5.74) is 0.523. The van der Waals surface area contributed by atoms with Gasteiger partial charge in [0.2, 0.25) is 0 Å². The van der Waals surface area contributed by atoms with Crippen molar-refractivity contribution in [3.8, 4) is 6.07 Å². The van der Waals surface area contributed by atoms with Crippen LogP contribution in [-0.4, -0.2) is 34.0 Å². The number of nitrogens with zero attached hydrogens (tertiary/aromatic N) is 3. The molecule has 5 nitrogen and oxygen atoms in total. The average molecular weight is 293 g/mol. The monoisotopic (exact) mass is 293 g/mol. The van der Waals surface area contributed by atoms with E-state index >= 15 is 0 Å². The summed E-state index contributed by atoms with van der Waals surface area (Å²) in [5, 5.41) is 19.5. The van der Waals surface area contributed by atoms with Crippen molar-refractivity contribution in [3.63, 3.8) is 0 Å². The first-order valence-electron chi connectivity index (χ1n) is 7.06. The number of aliphatic hydroxyl groups is 1. The first kappa shape index (κ1) is 14.2. The highest BCUT2D eigenvalue weighted by atomic mass is 16.3. The molecule has 2 heterocycles. The Morgan fingerprint density at radius 3 is 2.68 bits per heavy atom. The summed E-state index contributed by atoms with van der Waals surface area (Å²) in [6.07, 6.45) is 1.91. The third kappa shape index (κ3) is 2.57. The summed E-state index contributed by atoms with van der Waals surface area (Å²) >= 11 is 0. The van der Waals surface area contributed by atoms with E-state index in [2.05, 4.69) is 4.98 Å². The van der Waals surface area contributed by atoms with Crippen molar-refractivity contribution in [2.75, 3.05) is 13.1 Å². The fourth-order valence-electron chi connectivity index (χ4n) is 2.72. The number of benzene rings is 1. The van der Waals surface area contributed by atoms with Gasteiger partial charge < -0.3 is 10.0 Å². The van der Waals surface area contributed by atoms with Crippen molar-refractivity contribution in [3.05, 3.63) is 65.5 Å². The number of rotatable bonds is 2. The first-order chi connectivity index (χ1) is 10.6. The van der Waals surface area contributed by atoms with Gasteiger partial charge in [-0.2, -0.15) is 5.26 Å². The van der Waals surface area contributed by atoms with Crippen molar-refractivity contribution in [1.82, 2.24) is 9.88 Å². The lowest BCUT2D eigenvalue weighted by molar-refractivity contribution is 0.0417. The summed E-state index contributed by atoms with van der Waals surface area (Å²) in [5.74, 6) is -0.177. The Kier molecular flexibility index (Phi) is 3.61. The molecule has 1 aromatic heterocycles. The highest BCUT2D eigenvalue weighted by Gasteiger charge is 2.39. The topological polar surface area (TPSA) is 77.2 Å². The Balaban J connectivity index is 1.77. The number of carbonyl (C=O) groups excluding carboxylic acids is 1. The van der Waals surface area contributed by atoms with Crippen LogP contribution in [0.4, 0.5) is 0 Å². The van der Waals surface area contributed by atoms with Crippen molar-refractivity contribution in [2.24, 2.45) is 0 Å². The lowest BCUT2D eigenvalue weighted by Gasteiger charge is -2.24. The molecule has 0 bridgehead atoms. The molecule has 0 spiro atoms. The van der Waals surface area contributed by atoms with Crippen molar-refractivity contribution in [1.29, 1.82) is 5.26 Å². The number of likely N-dealkylation sites (tertiary alicyclic amines) is 1. The van der Waals surface area contributed by atoms with Gasteiger partial charge in [-0.3, -0.25) is 4.79 Å². The molecule has 2 aromatic rings. The molecule has 0 radical (unpaired) electrons. The van der Waals surface area contributed by atoms with Gasteiger partial charge in [-0.25, -0.2) is 4.98 Å². The second kappa shape index (κ2) is 5.58. The van der Waals surface area contributed by atoms with Crippen molar-refractivity contribution in [2.45, 2.75) is 12.0 Å². The van der Waals surface area contributed by atoms with Crippen LogP contribution in [0.15, 0.2) is 48.7 Å². The maximum Gasteiger partial charge on any atom is 0.255 e. The van der Waals surface area contributed by atoms with Gasteiger partial charge in [-0.05, 0) is 24.1 Å². The van der Waals surface area contributed by atoms with Crippen molar-refractivity contribution < 1.29 is 9.90 Å². The summed E-state index contributed by atoms with van der Waals surface area (Å²) in [7, 11) is 0. The van der Waals surface area contributed by atoms with Crippen molar-refractivity contribution >= 4 is 5.91 Å². The number of hydrogen-bond donors (Lipinski definition) is 1. The van der Waals surface area contributed by atoms with Crippen LogP contribution >= 0.6 is 0 Å². The quantitative estimate of drug-likeness (QED) is 0.914. The molecule has 1 aliphatic rings. The normalized spacial score (nSPS) is 20.6. The van der Waals surface area contributed by atoms with E-state index < -0.39 is 5.60 Å². The van der Waals surface area contributed by atoms with Gasteiger partial charge in [-0.15, -0.1) is 0 Å². The lowest BCUT2D eigenvalue weighted by atomic mass is 9.93. The molecule has 5 heteroatoms. The molecule has 110 valence electrons. The molecule has 1 aromatic carbocycles. The molecule has 3 rings (SSSR count). The van der Waals surface area contributed by atoms with Gasteiger partial charge in [0.1, 0.15) is 17.4 Å². The van der Waals surface area contributed by atoms with Gasteiger partial charge in [0.25, 0.3) is 5.91 Å². The Morgan fingerprint density at radius 2 is 2.05 bits per heavy atom. The number of β-amino-alcohol motifs (C(OH)–C–C–N with tert-alkyl or cyclic N) is 1. The Hall–Kier alpha value is -2.71. The number of hydrogen-bond acceptors (Lipinski definition) is 4. The fraction of sp³-hybridized carbons (Fsp3) is 0.235. The molecule has 1 unspecified atom stereocenters. The zero-order chi connectivity index (χ0) is 15.6. The fourth-order valence-corrected chi connectivity index (χ4v) is 2.72. The molecule has 1 N–H and O–H groups in total. The molecule has 22 heavy (non-hydrogen) atoms. The van der Waals surface area contributed by atoms with E-state index in [0.717, 1.165) is 5.56 Å². The van der Waals surface area contributed by atoms with Crippen LogP contribution in [-0.2, 0) is 5.60 Å². The molecule has 0 saturated carbocycles. The van der Waals surface area contributed by atoms with Gasteiger partial charge in [0.15, 0.2) is 0 Å². The van der Waals surface area contributed by atoms with Crippen LogP contribution < -0.4 is 0 Å². The largest absolute Gasteiger partial charge is 0.383 e. The van der Waals surface area contributed by atoms with E-state index in [1.165, 1.54) is 12.3 Å². The highest BCUT2D eigenvalue weighted by molar-refractivity contribution is 5.94. The van der Waals surface area contributed by atoms with E-state index in [4.69, 9.17) is 5.26 Å². The van der Waals surface area contributed by atoms with Gasteiger partial charge in [0, 0.05) is 12.7 Å². The SMILES string of the molecule is N#Cc1ccc(C(=O)N2CCC(O)(c3ccccc3)C2)cn1. The second-order valence-corrected chi connectivity index (χ2v) is 5.42. The standard InChI is InChI=1S/C17H15N3O2/c18-10-15-7-6-13(11-19-15)16(21)20-9-8-17(22,12-20)14-4-2-1-3-5-14/h1-7,11,22H,8-9,12H2. The number of nitriles is 1. The highest BCUT2D eigenvalue weighted by Crippen LogP contribution is 2.32. The maximum atomic E-state index is 12.5. The summed E-state index contributed by atoms with van der Waals surface area (Å²) < 4.78 is 0. The molecule has 0 aliphatic carbocycles. The molecule has 1 saturated heterocycles. The number of carbonyl (C=O) groups is 1. The average Bonchev–Trinajstić information content (AvgIpc) is 2.99. The smallest absolute Gasteiger partial charge is 0.255 e. The van der Waals surface area contributed by atoms with Gasteiger partial charge >= 0.3 is 0 Å². The van der Waals surface area contributed by atoms with Crippen LogP contribution in [0.3, 0.4) is 0 Å². The second-order valence-electron chi connectivity index (χ2n) is 5.42. The molecule has 1 amide bonds. The van der Waals surface area contributed by atoms with E-state index in [-0.39, 0.29) is 18.1 Å². The minimum atomic E-state index is -1.00. The third-order valence-electron chi connectivity index (χ3n) is 3.97. The Morgan fingerprint density at radius 1 is 1.27 bits per heavy atom. The van der Waals surface area contributed by atoms with E-state index in [9.17, 15) is 9.90 Å². The maximum absolute atomic E-state index is 12.5. The molecule has 1 atom stereocenters. The molecular weight excluding hydrogens is 278 g/mol. The molecule has 1 aliphatic heterocycles. The molecule has 1 fully saturated rings. The Bertz CT molecular complexity index is 722. The van der Waals surface area contributed by atoms with E-state index in [0.29, 0.717) is 18.5 Å². The summed E-state index contributed by atoms with van der Waals surface area (Å²) in [6, 6.07) is 14.4. The van der Waals surface area contributed by atoms with Gasteiger partial charge in [0.05, 0.1) is 12.1 Å². The minimum absolute atomic E-state index is 0.177. The van der Waals surface area contributed by atoms with E-state index in [1.807, 2.05) is 36.4 Å². The first-order valence-corrected chi connectivity index (χ1v) is 7.06. The van der Waals surface area contributed by atoms with Gasteiger partial charge in [-0.1, -0.05) is 30.3 Å². The number of pyridine rings is 1. The number of aromatic nitrogens is 1. The van der Waals surface area contributed by atoms with Crippen LogP contribution in [0.5, 0.6) is 0 Å². The van der Waals surface area contributed by atoms with E-state index in [1.54, 1.807) is 11.0 Å². The van der Waals surface area contributed by atoms with Crippen LogP contribution in [0.25, 0.3) is 0 Å². The predicted octanol–water partition coefficient (Wildman–Crippen LogP) is 1.69. The Labute approximate surface area is 128 Å². The molecular formula is C17H15N3O2. The van der Waals surface area contributed by atoms with Crippen LogP contribution in [0, 0.1) is 11.3 Å². The number of amides is 1. The minimum Gasteiger partial charge on any atom is -0.383 e. The predicted molar refractivity (Wildman–Crippen MR) is 79.8 cm³/mol.